The average molecular weight is 241 g/mol. The maximum atomic E-state index is 13.5. The number of nitrogens with zero attached hydrogens (tertiary/aromatic N) is 2. The van der Waals surface area contributed by atoms with Crippen LogP contribution in [0.1, 0.15) is 17.3 Å². The van der Waals surface area contributed by atoms with Crippen molar-refractivity contribution in [3.05, 3.63) is 53.1 Å². The largest absolute Gasteiger partial charge is 0.319 e. The second-order valence-corrected chi connectivity index (χ2v) is 3.62. The number of nitrogens with two attached hydrogens (primary N) is 1. The summed E-state index contributed by atoms with van der Waals surface area (Å²) in [6, 6.07) is 2.68. The fraction of sp³-hybridized carbons (Fsp3) is 0.182. The van der Waals surface area contributed by atoms with Gasteiger partial charge < -0.3 is 5.73 Å². The molecule has 3 nitrogen and oxygen atoms in total. The Labute approximate surface area is 95.7 Å². The van der Waals surface area contributed by atoms with Crippen LogP contribution in [0.15, 0.2) is 24.4 Å². The molecule has 6 heteroatoms. The quantitative estimate of drug-likeness (QED) is 0.816. The van der Waals surface area contributed by atoms with Crippen LogP contribution >= 0.6 is 0 Å². The Morgan fingerprint density at radius 3 is 2.47 bits per heavy atom. The highest BCUT2D eigenvalue weighted by Crippen LogP contribution is 2.24. The van der Waals surface area contributed by atoms with Crippen molar-refractivity contribution >= 4 is 0 Å². The molecule has 1 unspecified atom stereocenters. The van der Waals surface area contributed by atoms with Gasteiger partial charge in [-0.1, -0.05) is 6.07 Å². The lowest BCUT2D eigenvalue weighted by Gasteiger charge is -2.13. The van der Waals surface area contributed by atoms with Gasteiger partial charge in [0.15, 0.2) is 17.5 Å². The van der Waals surface area contributed by atoms with Gasteiger partial charge in [0, 0.05) is 18.8 Å². The Balaban J connectivity index is 2.48. The van der Waals surface area contributed by atoms with Crippen LogP contribution in [0, 0.1) is 17.5 Å². The van der Waals surface area contributed by atoms with Gasteiger partial charge in [0.2, 0.25) is 0 Å². The molecule has 0 bridgehead atoms. The van der Waals surface area contributed by atoms with Gasteiger partial charge in [-0.25, -0.2) is 13.2 Å². The zero-order valence-corrected chi connectivity index (χ0v) is 8.99. The molecule has 0 aliphatic carbocycles. The zero-order chi connectivity index (χ0) is 12.6. The third-order valence-electron chi connectivity index (χ3n) is 2.58. The number of aromatic nitrogens is 2. The zero-order valence-electron chi connectivity index (χ0n) is 8.99. The van der Waals surface area contributed by atoms with Gasteiger partial charge in [-0.3, -0.25) is 4.68 Å². The van der Waals surface area contributed by atoms with Crippen molar-refractivity contribution in [1.82, 2.24) is 9.78 Å². The first-order valence-corrected chi connectivity index (χ1v) is 4.89. The number of halogens is 3. The topological polar surface area (TPSA) is 43.8 Å². The third kappa shape index (κ3) is 1.91. The van der Waals surface area contributed by atoms with Crippen LogP contribution in [-0.2, 0) is 7.05 Å². The first-order chi connectivity index (χ1) is 8.02. The molecule has 0 saturated carbocycles. The van der Waals surface area contributed by atoms with E-state index in [1.807, 2.05) is 0 Å². The molecule has 0 fully saturated rings. The van der Waals surface area contributed by atoms with Crippen LogP contribution in [0.3, 0.4) is 0 Å². The lowest BCUT2D eigenvalue weighted by Crippen LogP contribution is -2.18. The molecule has 0 spiro atoms. The van der Waals surface area contributed by atoms with E-state index in [2.05, 4.69) is 5.10 Å². The molecule has 1 aromatic carbocycles. The molecule has 2 aromatic rings. The van der Waals surface area contributed by atoms with Crippen molar-refractivity contribution in [2.24, 2.45) is 12.8 Å². The molecule has 1 heterocycles. The van der Waals surface area contributed by atoms with E-state index >= 15 is 0 Å². The van der Waals surface area contributed by atoms with Gasteiger partial charge in [-0.05, 0) is 12.1 Å². The van der Waals surface area contributed by atoms with E-state index in [1.54, 1.807) is 13.1 Å². The van der Waals surface area contributed by atoms with Crippen LogP contribution in [-0.4, -0.2) is 9.78 Å². The van der Waals surface area contributed by atoms with E-state index in [4.69, 9.17) is 5.73 Å². The van der Waals surface area contributed by atoms with Crippen LogP contribution in [0.2, 0.25) is 0 Å². The van der Waals surface area contributed by atoms with Gasteiger partial charge in [-0.15, -0.1) is 0 Å². The maximum Gasteiger partial charge on any atom is 0.194 e. The average Bonchev–Trinajstić information content (AvgIpc) is 2.72. The molecule has 0 aliphatic rings. The minimum absolute atomic E-state index is 0.104. The first-order valence-electron chi connectivity index (χ1n) is 4.89. The van der Waals surface area contributed by atoms with Crippen LogP contribution in [0.25, 0.3) is 0 Å². The monoisotopic (exact) mass is 241 g/mol. The lowest BCUT2D eigenvalue weighted by atomic mass is 10.0. The van der Waals surface area contributed by atoms with Gasteiger partial charge in [-0.2, -0.15) is 5.10 Å². The molecule has 1 atom stereocenters. The molecular weight excluding hydrogens is 231 g/mol. The lowest BCUT2D eigenvalue weighted by molar-refractivity contribution is 0.437. The summed E-state index contributed by atoms with van der Waals surface area (Å²) in [5.41, 5.74) is 6.20. The molecule has 0 saturated heterocycles. The van der Waals surface area contributed by atoms with Gasteiger partial charge in [0.1, 0.15) is 0 Å². The summed E-state index contributed by atoms with van der Waals surface area (Å²) in [4.78, 5) is 0. The molecule has 90 valence electrons. The molecule has 2 N–H and O–H groups in total. The molecule has 0 amide bonds. The Morgan fingerprint density at radius 2 is 1.88 bits per heavy atom. The normalized spacial score (nSPS) is 12.8. The number of aryl methyl sites for hydroxylation is 1. The number of hydrogen-bond acceptors (Lipinski definition) is 2. The minimum Gasteiger partial charge on any atom is -0.319 e. The summed E-state index contributed by atoms with van der Waals surface area (Å²) >= 11 is 0. The minimum atomic E-state index is -1.51. The standard InChI is InChI=1S/C11H10F3N3/c1-17-8(4-5-16-17)11(15)6-2-3-7(12)10(14)9(6)13/h2-5,11H,15H2,1H3. The Morgan fingerprint density at radius 1 is 1.18 bits per heavy atom. The molecule has 2 rings (SSSR count). The van der Waals surface area contributed by atoms with Crippen molar-refractivity contribution in [3.8, 4) is 0 Å². The SMILES string of the molecule is Cn1nccc1C(N)c1ccc(F)c(F)c1F. The molecular formula is C11H10F3N3. The maximum absolute atomic E-state index is 13.5. The van der Waals surface area contributed by atoms with Crippen molar-refractivity contribution < 1.29 is 13.2 Å². The smallest absolute Gasteiger partial charge is 0.194 e. The summed E-state index contributed by atoms with van der Waals surface area (Å²) in [6.45, 7) is 0. The van der Waals surface area contributed by atoms with E-state index in [1.165, 1.54) is 10.9 Å². The molecule has 0 aliphatic heterocycles. The Kier molecular flexibility index (Phi) is 2.89. The summed E-state index contributed by atoms with van der Waals surface area (Å²) < 4.78 is 40.8. The summed E-state index contributed by atoms with van der Waals surface area (Å²) in [5.74, 6) is -4.01. The first kappa shape index (κ1) is 11.7. The molecule has 1 aromatic heterocycles. The van der Waals surface area contributed by atoms with Crippen molar-refractivity contribution in [1.29, 1.82) is 0 Å². The van der Waals surface area contributed by atoms with Gasteiger partial charge in [0.25, 0.3) is 0 Å². The van der Waals surface area contributed by atoms with E-state index in [9.17, 15) is 13.2 Å². The summed E-state index contributed by atoms with van der Waals surface area (Å²) in [5, 5.41) is 3.88. The third-order valence-corrected chi connectivity index (χ3v) is 2.58. The van der Waals surface area contributed by atoms with Gasteiger partial charge in [0.05, 0.1) is 11.7 Å². The van der Waals surface area contributed by atoms with Crippen molar-refractivity contribution in [3.63, 3.8) is 0 Å². The highest BCUT2D eigenvalue weighted by molar-refractivity contribution is 5.29. The van der Waals surface area contributed by atoms with Crippen molar-refractivity contribution in [2.75, 3.05) is 0 Å². The Bertz CT molecular complexity index is 551. The highest BCUT2D eigenvalue weighted by atomic mass is 19.2. The highest BCUT2D eigenvalue weighted by Gasteiger charge is 2.21. The molecule has 17 heavy (non-hydrogen) atoms. The fourth-order valence-electron chi connectivity index (χ4n) is 1.63. The second-order valence-electron chi connectivity index (χ2n) is 3.62. The van der Waals surface area contributed by atoms with Crippen LogP contribution < -0.4 is 5.73 Å². The van der Waals surface area contributed by atoms with Crippen molar-refractivity contribution in [2.45, 2.75) is 6.04 Å². The molecule has 0 radical (unpaired) electrons. The van der Waals surface area contributed by atoms with Crippen LogP contribution in [0.5, 0.6) is 0 Å². The predicted molar refractivity (Wildman–Crippen MR) is 55.6 cm³/mol. The number of rotatable bonds is 2. The fourth-order valence-corrected chi connectivity index (χ4v) is 1.63. The predicted octanol–water partition coefficient (Wildman–Crippen LogP) is 1.89. The van der Waals surface area contributed by atoms with Crippen LogP contribution in [0.4, 0.5) is 13.2 Å². The van der Waals surface area contributed by atoms with E-state index in [0.717, 1.165) is 12.1 Å². The van der Waals surface area contributed by atoms with Gasteiger partial charge >= 0.3 is 0 Å². The van der Waals surface area contributed by atoms with E-state index in [0.29, 0.717) is 5.69 Å². The van der Waals surface area contributed by atoms with E-state index in [-0.39, 0.29) is 5.56 Å². The summed E-state index contributed by atoms with van der Waals surface area (Å²) in [6.07, 6.45) is 1.49. The second kappa shape index (κ2) is 4.21. The number of benzene rings is 1. The summed E-state index contributed by atoms with van der Waals surface area (Å²) in [7, 11) is 1.63. The van der Waals surface area contributed by atoms with E-state index < -0.39 is 23.5 Å². The Hall–Kier alpha value is -1.82. The number of hydrogen-bond donors (Lipinski definition) is 1.